The van der Waals surface area contributed by atoms with Crippen LogP contribution in [0.4, 0.5) is 0 Å². The molecule has 0 saturated heterocycles. The van der Waals surface area contributed by atoms with Gasteiger partial charge in [0.25, 0.3) is 0 Å². The van der Waals surface area contributed by atoms with E-state index in [-0.39, 0.29) is 0 Å². The van der Waals surface area contributed by atoms with Crippen LogP contribution in [0.5, 0.6) is 0 Å². The van der Waals surface area contributed by atoms with Crippen molar-refractivity contribution in [2.75, 3.05) is 0 Å². The van der Waals surface area contributed by atoms with Crippen molar-refractivity contribution in [1.82, 2.24) is 0 Å². The van der Waals surface area contributed by atoms with Gasteiger partial charge in [0, 0.05) is 0 Å². The lowest BCUT2D eigenvalue weighted by molar-refractivity contribution is 0.777. The Labute approximate surface area is 70.3 Å². The first-order chi connectivity index (χ1) is 4.95. The van der Waals surface area contributed by atoms with E-state index < -0.39 is 0 Å². The quantitative estimate of drug-likeness (QED) is 0.538. The molecule has 0 rings (SSSR count). The minimum atomic E-state index is 0.546. The molecule has 0 saturated carbocycles. The lowest BCUT2D eigenvalue weighted by atomic mass is 9.95. The van der Waals surface area contributed by atoms with Gasteiger partial charge in [-0.05, 0) is 25.3 Å². The van der Waals surface area contributed by atoms with Crippen LogP contribution in [-0.2, 0) is 0 Å². The number of rotatable bonds is 3. The fourth-order valence-electron chi connectivity index (χ4n) is 1.05. The molecule has 0 heteroatoms. The third kappa shape index (κ3) is 3.82. The van der Waals surface area contributed by atoms with E-state index in [1.165, 1.54) is 5.57 Å². The predicted molar refractivity (Wildman–Crippen MR) is 52.5 cm³/mol. The molecular formula is C11H18. The molecule has 0 unspecified atom stereocenters. The minimum absolute atomic E-state index is 0.546. The second kappa shape index (κ2) is 4.17. The smallest absolute Gasteiger partial charge is 0.0216 e. The highest BCUT2D eigenvalue weighted by molar-refractivity contribution is 5.33. The minimum Gasteiger partial charge on any atom is -0.0961 e. The Hall–Kier alpha value is -0.780. The molecule has 0 fully saturated rings. The number of hydrogen-bond donors (Lipinski definition) is 0. The van der Waals surface area contributed by atoms with E-state index in [0.29, 0.717) is 5.92 Å². The standard InChI is InChI=1S/C11H18/c1-8(2)7-11(9(3)4)10(5)6/h7,10H,1,3H2,2,4-6H3. The van der Waals surface area contributed by atoms with E-state index in [2.05, 4.69) is 33.1 Å². The summed E-state index contributed by atoms with van der Waals surface area (Å²) >= 11 is 0. The summed E-state index contributed by atoms with van der Waals surface area (Å²) in [5.41, 5.74) is 3.54. The second-order valence-electron chi connectivity index (χ2n) is 3.38. The summed E-state index contributed by atoms with van der Waals surface area (Å²) < 4.78 is 0. The Balaban J connectivity index is 4.60. The van der Waals surface area contributed by atoms with Gasteiger partial charge in [0.1, 0.15) is 0 Å². The molecule has 0 bridgehead atoms. The van der Waals surface area contributed by atoms with Crippen molar-refractivity contribution >= 4 is 0 Å². The van der Waals surface area contributed by atoms with Gasteiger partial charge in [0.05, 0.1) is 0 Å². The van der Waals surface area contributed by atoms with Crippen LogP contribution in [-0.4, -0.2) is 0 Å². The first-order valence-corrected chi connectivity index (χ1v) is 3.98. The van der Waals surface area contributed by atoms with E-state index in [9.17, 15) is 0 Å². The summed E-state index contributed by atoms with van der Waals surface area (Å²) in [4.78, 5) is 0. The largest absolute Gasteiger partial charge is 0.0961 e. The topological polar surface area (TPSA) is 0 Å². The molecule has 0 spiro atoms. The molecule has 62 valence electrons. The fraction of sp³-hybridized carbons (Fsp3) is 0.455. The maximum Gasteiger partial charge on any atom is -0.0216 e. The summed E-state index contributed by atoms with van der Waals surface area (Å²) in [7, 11) is 0. The zero-order valence-corrected chi connectivity index (χ0v) is 8.07. The first-order valence-electron chi connectivity index (χ1n) is 3.98. The van der Waals surface area contributed by atoms with Crippen LogP contribution in [0.1, 0.15) is 27.7 Å². The van der Waals surface area contributed by atoms with Crippen molar-refractivity contribution < 1.29 is 0 Å². The predicted octanol–water partition coefficient (Wildman–Crippen LogP) is 3.72. The molecule has 0 heterocycles. The molecule has 0 aromatic rings. The van der Waals surface area contributed by atoms with Gasteiger partial charge in [-0.15, -0.1) is 0 Å². The molecule has 0 atom stereocenters. The van der Waals surface area contributed by atoms with Gasteiger partial charge in [-0.25, -0.2) is 0 Å². The Kier molecular flexibility index (Phi) is 3.88. The molecule has 0 aromatic carbocycles. The Morgan fingerprint density at radius 1 is 1.18 bits per heavy atom. The average molecular weight is 150 g/mol. The number of hydrogen-bond acceptors (Lipinski definition) is 0. The Morgan fingerprint density at radius 2 is 1.64 bits per heavy atom. The van der Waals surface area contributed by atoms with Crippen molar-refractivity contribution in [1.29, 1.82) is 0 Å². The summed E-state index contributed by atoms with van der Waals surface area (Å²) in [6.07, 6.45) is 2.10. The Bertz CT molecular complexity index is 192. The first kappa shape index (κ1) is 10.2. The van der Waals surface area contributed by atoms with Crippen molar-refractivity contribution in [3.8, 4) is 0 Å². The van der Waals surface area contributed by atoms with Crippen LogP contribution in [0.25, 0.3) is 0 Å². The van der Waals surface area contributed by atoms with Crippen LogP contribution >= 0.6 is 0 Å². The van der Waals surface area contributed by atoms with Crippen molar-refractivity contribution in [3.05, 3.63) is 36.0 Å². The maximum absolute atomic E-state index is 3.92. The van der Waals surface area contributed by atoms with Crippen LogP contribution in [0.2, 0.25) is 0 Å². The lowest BCUT2D eigenvalue weighted by Gasteiger charge is -2.10. The van der Waals surface area contributed by atoms with Crippen molar-refractivity contribution in [2.24, 2.45) is 5.92 Å². The van der Waals surface area contributed by atoms with E-state index in [1.54, 1.807) is 0 Å². The number of allylic oxidation sites excluding steroid dienone is 4. The van der Waals surface area contributed by atoms with Gasteiger partial charge in [-0.3, -0.25) is 0 Å². The molecular weight excluding hydrogens is 132 g/mol. The summed E-state index contributed by atoms with van der Waals surface area (Å²) in [5, 5.41) is 0. The summed E-state index contributed by atoms with van der Waals surface area (Å²) in [6.45, 7) is 16.1. The highest BCUT2D eigenvalue weighted by Crippen LogP contribution is 2.18. The maximum atomic E-state index is 3.92. The molecule has 0 aromatic heterocycles. The molecule has 0 nitrogen and oxygen atoms in total. The Morgan fingerprint density at radius 3 is 1.73 bits per heavy atom. The molecule has 0 aliphatic carbocycles. The van der Waals surface area contributed by atoms with E-state index in [4.69, 9.17) is 0 Å². The zero-order chi connectivity index (χ0) is 9.02. The second-order valence-corrected chi connectivity index (χ2v) is 3.38. The SMILES string of the molecule is C=C(C)C=C(C(=C)C)C(C)C. The molecule has 0 radical (unpaired) electrons. The van der Waals surface area contributed by atoms with Crippen LogP contribution in [0, 0.1) is 5.92 Å². The highest BCUT2D eigenvalue weighted by atomic mass is 14.1. The van der Waals surface area contributed by atoms with Crippen LogP contribution < -0.4 is 0 Å². The van der Waals surface area contributed by atoms with E-state index in [0.717, 1.165) is 11.1 Å². The van der Waals surface area contributed by atoms with Gasteiger partial charge in [-0.2, -0.15) is 0 Å². The van der Waals surface area contributed by atoms with Crippen molar-refractivity contribution in [3.63, 3.8) is 0 Å². The van der Waals surface area contributed by atoms with Crippen LogP contribution in [0.15, 0.2) is 36.0 Å². The third-order valence-corrected chi connectivity index (χ3v) is 1.52. The van der Waals surface area contributed by atoms with Gasteiger partial charge in [0.2, 0.25) is 0 Å². The molecule has 0 N–H and O–H groups in total. The zero-order valence-electron chi connectivity index (χ0n) is 8.07. The lowest BCUT2D eigenvalue weighted by Crippen LogP contribution is -1.94. The van der Waals surface area contributed by atoms with E-state index in [1.807, 2.05) is 13.8 Å². The van der Waals surface area contributed by atoms with Gasteiger partial charge in [-0.1, -0.05) is 44.2 Å². The van der Waals surface area contributed by atoms with Crippen LogP contribution in [0.3, 0.4) is 0 Å². The third-order valence-electron chi connectivity index (χ3n) is 1.52. The fourth-order valence-corrected chi connectivity index (χ4v) is 1.05. The molecule has 0 amide bonds. The average Bonchev–Trinajstić information content (AvgIpc) is 1.81. The highest BCUT2D eigenvalue weighted by Gasteiger charge is 2.02. The van der Waals surface area contributed by atoms with Crippen molar-refractivity contribution in [2.45, 2.75) is 27.7 Å². The van der Waals surface area contributed by atoms with E-state index >= 15 is 0 Å². The summed E-state index contributed by atoms with van der Waals surface area (Å²) in [6, 6.07) is 0. The van der Waals surface area contributed by atoms with Gasteiger partial charge < -0.3 is 0 Å². The normalized spacial score (nSPS) is 11.9. The monoisotopic (exact) mass is 150 g/mol. The van der Waals surface area contributed by atoms with Gasteiger partial charge >= 0.3 is 0 Å². The molecule has 11 heavy (non-hydrogen) atoms. The molecule has 0 aliphatic heterocycles. The summed E-state index contributed by atoms with van der Waals surface area (Å²) in [5.74, 6) is 0.546. The van der Waals surface area contributed by atoms with Gasteiger partial charge in [0.15, 0.2) is 0 Å². The molecule has 0 aliphatic rings.